The largest absolute Gasteiger partial charge is 0.333 e. The van der Waals surface area contributed by atoms with Crippen molar-refractivity contribution in [2.45, 2.75) is 83.5 Å². The Labute approximate surface area is 236 Å². The molecule has 2 unspecified atom stereocenters. The van der Waals surface area contributed by atoms with Crippen LogP contribution in [0.25, 0.3) is 0 Å². The Morgan fingerprint density at radius 1 is 1.10 bits per heavy atom. The van der Waals surface area contributed by atoms with Crippen molar-refractivity contribution < 1.29 is 18.8 Å². The first-order valence-electron chi connectivity index (χ1n) is 14.3. The number of piperidine rings is 1. The molecule has 0 aliphatic carbocycles. The number of thioether (sulfide) groups is 1. The molecule has 0 spiro atoms. The average Bonchev–Trinajstić information content (AvgIpc) is 3.60. The number of carbonyl (C=O) groups excluding carboxylic acids is 3. The van der Waals surface area contributed by atoms with Gasteiger partial charge in [-0.2, -0.15) is 0 Å². The van der Waals surface area contributed by atoms with E-state index in [2.05, 4.69) is 31.0 Å². The summed E-state index contributed by atoms with van der Waals surface area (Å²) >= 11 is 1.55. The molecule has 1 aromatic carbocycles. The molecule has 0 aromatic heterocycles. The van der Waals surface area contributed by atoms with Crippen LogP contribution in [0.1, 0.15) is 70.2 Å². The van der Waals surface area contributed by atoms with Crippen molar-refractivity contribution in [3.8, 4) is 0 Å². The predicted octanol–water partition coefficient (Wildman–Crippen LogP) is 4.21. The van der Waals surface area contributed by atoms with Crippen molar-refractivity contribution in [1.29, 1.82) is 0 Å². The number of benzene rings is 1. The standard InChI is InChI=1S/C30H43FN4O3S/c1-19(32-5)26(36)17-23(20-12-15-34(16-13-20)30(2,3)4)29(38)35-14-6-7-25(35)28-33-24(18-39-28)27(37)21-8-10-22(31)11-9-21/h8-11,19-20,23-25,32H,6-7,12-18H2,1-5H3/t19-,23-,24?,25?/m0/s1. The Morgan fingerprint density at radius 2 is 1.77 bits per heavy atom. The zero-order chi connectivity index (χ0) is 28.3. The summed E-state index contributed by atoms with van der Waals surface area (Å²) < 4.78 is 13.3. The van der Waals surface area contributed by atoms with Crippen LogP contribution >= 0.6 is 11.8 Å². The third-order valence-corrected chi connectivity index (χ3v) is 9.79. The smallest absolute Gasteiger partial charge is 0.226 e. The van der Waals surface area contributed by atoms with E-state index in [1.165, 1.54) is 24.3 Å². The summed E-state index contributed by atoms with van der Waals surface area (Å²) in [6.45, 7) is 11.0. The summed E-state index contributed by atoms with van der Waals surface area (Å²) in [4.78, 5) is 49.4. The van der Waals surface area contributed by atoms with E-state index < -0.39 is 6.04 Å². The number of aliphatic imine (C=N–C) groups is 1. The Morgan fingerprint density at radius 3 is 2.38 bits per heavy atom. The highest BCUT2D eigenvalue weighted by Gasteiger charge is 2.43. The summed E-state index contributed by atoms with van der Waals surface area (Å²) in [5.74, 6) is -0.0311. The Kier molecular flexibility index (Phi) is 9.65. The molecule has 0 saturated carbocycles. The summed E-state index contributed by atoms with van der Waals surface area (Å²) in [6.07, 6.45) is 3.73. The molecular weight excluding hydrogens is 515 g/mol. The number of ketones is 2. The van der Waals surface area contributed by atoms with Gasteiger partial charge in [0.2, 0.25) is 5.91 Å². The molecule has 7 nitrogen and oxygen atoms in total. The maximum absolute atomic E-state index is 14.2. The molecule has 0 bridgehead atoms. The van der Waals surface area contributed by atoms with Crippen LogP contribution in [-0.4, -0.2) is 88.4 Å². The minimum atomic E-state index is -0.524. The number of amides is 1. The van der Waals surface area contributed by atoms with Crippen molar-refractivity contribution in [3.05, 3.63) is 35.6 Å². The maximum atomic E-state index is 14.2. The van der Waals surface area contributed by atoms with Crippen molar-refractivity contribution in [1.82, 2.24) is 15.1 Å². The van der Waals surface area contributed by atoms with Crippen LogP contribution in [0.15, 0.2) is 29.3 Å². The molecule has 39 heavy (non-hydrogen) atoms. The lowest BCUT2D eigenvalue weighted by Gasteiger charge is -2.43. The molecule has 1 N–H and O–H groups in total. The van der Waals surface area contributed by atoms with Crippen molar-refractivity contribution in [3.63, 3.8) is 0 Å². The van der Waals surface area contributed by atoms with Crippen LogP contribution < -0.4 is 5.32 Å². The second kappa shape index (κ2) is 12.6. The third-order valence-electron chi connectivity index (χ3n) is 8.64. The van der Waals surface area contributed by atoms with Gasteiger partial charge in [-0.1, -0.05) is 0 Å². The lowest BCUT2D eigenvalue weighted by molar-refractivity contribution is -0.141. The lowest BCUT2D eigenvalue weighted by Crippen LogP contribution is -2.50. The number of carbonyl (C=O) groups is 3. The second-order valence-electron chi connectivity index (χ2n) is 12.1. The van der Waals surface area contributed by atoms with Crippen molar-refractivity contribution >= 4 is 34.3 Å². The van der Waals surface area contributed by atoms with Gasteiger partial charge in [-0.15, -0.1) is 11.8 Å². The highest BCUT2D eigenvalue weighted by molar-refractivity contribution is 8.14. The van der Waals surface area contributed by atoms with Gasteiger partial charge in [0, 0.05) is 35.7 Å². The maximum Gasteiger partial charge on any atom is 0.226 e. The van der Waals surface area contributed by atoms with Gasteiger partial charge in [-0.25, -0.2) is 4.39 Å². The van der Waals surface area contributed by atoms with Gasteiger partial charge in [-0.3, -0.25) is 24.3 Å². The fourth-order valence-electron chi connectivity index (χ4n) is 6.00. The number of Topliss-reactive ketones (excluding diaryl/α,β-unsaturated/α-hetero) is 2. The molecule has 9 heteroatoms. The van der Waals surface area contributed by atoms with E-state index in [0.717, 1.165) is 43.8 Å². The van der Waals surface area contributed by atoms with Crippen molar-refractivity contribution in [2.24, 2.45) is 16.8 Å². The summed E-state index contributed by atoms with van der Waals surface area (Å²) in [5.41, 5.74) is 0.533. The van der Waals surface area contributed by atoms with Crippen LogP contribution in [0.4, 0.5) is 4.39 Å². The van der Waals surface area contributed by atoms with Gasteiger partial charge in [0.05, 0.1) is 17.1 Å². The number of hydrogen-bond acceptors (Lipinski definition) is 7. The number of likely N-dealkylation sites (N-methyl/N-ethyl adjacent to an activating group) is 1. The number of nitrogens with zero attached hydrogens (tertiary/aromatic N) is 3. The molecule has 1 aromatic rings. The SMILES string of the molecule is CN[C@@H](C)C(=O)C[C@H](C(=O)N1CCCC1C1=NC(C(=O)c2ccc(F)cc2)CS1)C1CCN(C(C)(C)C)CC1. The summed E-state index contributed by atoms with van der Waals surface area (Å²) in [5, 5.41) is 3.87. The Balaban J connectivity index is 1.50. The molecule has 4 atom stereocenters. The van der Waals surface area contributed by atoms with Crippen molar-refractivity contribution in [2.75, 3.05) is 32.4 Å². The molecule has 3 aliphatic rings. The van der Waals surface area contributed by atoms with E-state index in [1.807, 2.05) is 11.8 Å². The highest BCUT2D eigenvalue weighted by atomic mass is 32.2. The van der Waals surface area contributed by atoms with Gasteiger partial charge in [-0.05, 0) is 104 Å². The number of likely N-dealkylation sites (tertiary alicyclic amines) is 2. The first kappa shape index (κ1) is 29.9. The zero-order valence-electron chi connectivity index (χ0n) is 23.9. The van der Waals surface area contributed by atoms with Crippen LogP contribution in [0, 0.1) is 17.7 Å². The lowest BCUT2D eigenvalue weighted by atomic mass is 9.79. The molecule has 1 amide bonds. The minimum Gasteiger partial charge on any atom is -0.333 e. The van der Waals surface area contributed by atoms with E-state index in [4.69, 9.17) is 4.99 Å². The summed E-state index contributed by atoms with van der Waals surface area (Å²) in [6, 6.07) is 4.61. The van der Waals surface area contributed by atoms with Crippen LogP contribution in [0.2, 0.25) is 0 Å². The Hall–Kier alpha value is -2.10. The molecule has 2 fully saturated rings. The van der Waals surface area contributed by atoms with Crippen LogP contribution in [0.3, 0.4) is 0 Å². The Bertz CT molecular complexity index is 1080. The predicted molar refractivity (Wildman–Crippen MR) is 155 cm³/mol. The highest BCUT2D eigenvalue weighted by Crippen LogP contribution is 2.36. The number of nitrogens with one attached hydrogen (secondary N) is 1. The molecule has 3 heterocycles. The summed E-state index contributed by atoms with van der Waals surface area (Å²) in [7, 11) is 1.77. The molecule has 214 valence electrons. The van der Waals surface area contributed by atoms with Gasteiger partial charge in [0.15, 0.2) is 5.78 Å². The molecule has 4 rings (SSSR count). The quantitative estimate of drug-likeness (QED) is 0.458. The molecule has 3 aliphatic heterocycles. The molecular formula is C30H43FN4O3S. The number of rotatable bonds is 9. The topological polar surface area (TPSA) is 82.1 Å². The normalized spacial score (nSPS) is 24.5. The molecule has 2 saturated heterocycles. The first-order valence-corrected chi connectivity index (χ1v) is 15.2. The van der Waals surface area contributed by atoms with Gasteiger partial charge in [0.25, 0.3) is 0 Å². The number of halogens is 1. The van der Waals surface area contributed by atoms with E-state index >= 15 is 0 Å². The second-order valence-corrected chi connectivity index (χ2v) is 13.2. The average molecular weight is 559 g/mol. The zero-order valence-corrected chi connectivity index (χ0v) is 24.7. The minimum absolute atomic E-state index is 0.0555. The van der Waals surface area contributed by atoms with Gasteiger partial charge >= 0.3 is 0 Å². The van der Waals surface area contributed by atoms with E-state index in [9.17, 15) is 18.8 Å². The van der Waals surface area contributed by atoms with Gasteiger partial charge < -0.3 is 10.2 Å². The van der Waals surface area contributed by atoms with Gasteiger partial charge in [0.1, 0.15) is 17.6 Å². The fourth-order valence-corrected chi connectivity index (χ4v) is 7.19. The monoisotopic (exact) mass is 558 g/mol. The first-order chi connectivity index (χ1) is 18.5. The van der Waals surface area contributed by atoms with Crippen LogP contribution in [-0.2, 0) is 9.59 Å². The molecule has 0 radical (unpaired) electrons. The number of hydrogen-bond donors (Lipinski definition) is 1. The van der Waals surface area contributed by atoms with Crippen LogP contribution in [0.5, 0.6) is 0 Å². The van der Waals surface area contributed by atoms with E-state index in [0.29, 0.717) is 17.9 Å². The fraction of sp³-hybridized carbons (Fsp3) is 0.667. The third kappa shape index (κ3) is 6.98. The van der Waals surface area contributed by atoms with E-state index in [1.54, 1.807) is 18.8 Å². The van der Waals surface area contributed by atoms with E-state index in [-0.39, 0.29) is 59.2 Å².